The van der Waals surface area contributed by atoms with Gasteiger partial charge < -0.3 is 19.5 Å². The zero-order valence-corrected chi connectivity index (χ0v) is 26.1. The fraction of sp³-hybridized carbons (Fsp3) is 0.400. The van der Waals surface area contributed by atoms with Crippen LogP contribution in [0.2, 0.25) is 18.1 Å². The van der Waals surface area contributed by atoms with Gasteiger partial charge in [0.05, 0.1) is 31.0 Å². The van der Waals surface area contributed by atoms with Crippen LogP contribution in [-0.4, -0.2) is 46.6 Å². The first kappa shape index (κ1) is 30.0. The minimum atomic E-state index is -2.23. The highest BCUT2D eigenvalue weighted by atomic mass is 28.4. The number of aryl methyl sites for hydroxylation is 2. The lowest BCUT2D eigenvalue weighted by Crippen LogP contribution is -2.42. The molecular weight excluding hydrogens is 536 g/mol. The van der Waals surface area contributed by atoms with Gasteiger partial charge in [-0.3, -0.25) is 19.6 Å². The molecule has 3 N–H and O–H groups in total. The van der Waals surface area contributed by atoms with Crippen molar-refractivity contribution in [3.63, 3.8) is 0 Å². The van der Waals surface area contributed by atoms with Crippen molar-refractivity contribution in [3.05, 3.63) is 71.0 Å². The molecule has 41 heavy (non-hydrogen) atoms. The Morgan fingerprint density at radius 3 is 2.39 bits per heavy atom. The molecule has 0 saturated carbocycles. The first-order valence-electron chi connectivity index (χ1n) is 13.7. The van der Waals surface area contributed by atoms with Crippen LogP contribution in [0.25, 0.3) is 11.0 Å². The van der Waals surface area contributed by atoms with Crippen LogP contribution in [0.4, 0.5) is 5.95 Å². The molecule has 4 aromatic rings. The predicted molar refractivity (Wildman–Crippen MR) is 163 cm³/mol. The van der Waals surface area contributed by atoms with Gasteiger partial charge in [-0.25, -0.2) is 4.98 Å². The van der Waals surface area contributed by atoms with E-state index in [0.717, 1.165) is 11.3 Å². The number of primary amides is 1. The Kier molecular flexibility index (Phi) is 8.41. The molecule has 4 rings (SSSR count). The fourth-order valence-corrected chi connectivity index (χ4v) is 5.79. The minimum Gasteiger partial charge on any atom is -0.494 e. The summed E-state index contributed by atoms with van der Waals surface area (Å²) < 4.78 is 16.2. The first-order valence-corrected chi connectivity index (χ1v) is 16.6. The molecule has 2 amide bonds. The van der Waals surface area contributed by atoms with E-state index in [1.807, 2.05) is 48.7 Å². The molecular formula is C30H40N6O4Si. The number of nitrogens with two attached hydrogens (primary N) is 1. The van der Waals surface area contributed by atoms with Gasteiger partial charge in [0, 0.05) is 12.1 Å². The molecule has 1 atom stereocenters. The molecule has 0 aliphatic carbocycles. The van der Waals surface area contributed by atoms with Gasteiger partial charge >= 0.3 is 0 Å². The summed E-state index contributed by atoms with van der Waals surface area (Å²) in [5, 5.41) is 7.37. The summed E-state index contributed by atoms with van der Waals surface area (Å²) in [6.07, 6.45) is -0.353. The van der Waals surface area contributed by atoms with E-state index in [1.54, 1.807) is 22.9 Å². The average Bonchev–Trinajstić information content (AvgIpc) is 3.46. The molecule has 2 aromatic carbocycles. The molecule has 0 aliphatic heterocycles. The van der Waals surface area contributed by atoms with Gasteiger partial charge in [0.2, 0.25) is 11.9 Å². The van der Waals surface area contributed by atoms with Crippen molar-refractivity contribution in [2.75, 3.05) is 12.4 Å². The van der Waals surface area contributed by atoms with Crippen molar-refractivity contribution in [3.8, 4) is 5.75 Å². The van der Waals surface area contributed by atoms with E-state index in [1.165, 1.54) is 7.11 Å². The number of hydrogen-bond donors (Lipinski definition) is 2. The Bertz CT molecular complexity index is 1570. The second kappa shape index (κ2) is 11.5. The molecule has 10 nitrogen and oxygen atoms in total. The third-order valence-electron chi connectivity index (χ3n) is 7.73. The highest BCUT2D eigenvalue weighted by molar-refractivity contribution is 6.74. The molecule has 0 saturated heterocycles. The summed E-state index contributed by atoms with van der Waals surface area (Å²) in [5.41, 5.74) is 9.12. The number of imidazole rings is 1. The lowest BCUT2D eigenvalue weighted by molar-refractivity contribution is 0.0995. The Hall–Kier alpha value is -3.96. The summed E-state index contributed by atoms with van der Waals surface area (Å²) in [4.78, 5) is 30.4. The third-order valence-corrected chi connectivity index (χ3v) is 12.2. The predicted octanol–water partition coefficient (Wildman–Crippen LogP) is 5.68. The summed E-state index contributed by atoms with van der Waals surface area (Å²) >= 11 is 0. The Morgan fingerprint density at radius 2 is 1.80 bits per heavy atom. The Morgan fingerprint density at radius 1 is 1.12 bits per heavy atom. The number of benzene rings is 2. The van der Waals surface area contributed by atoms with E-state index in [9.17, 15) is 9.59 Å². The number of aromatic nitrogens is 4. The van der Waals surface area contributed by atoms with Crippen LogP contribution in [0, 0.1) is 6.92 Å². The smallest absolute Gasteiger partial charge is 0.276 e. The van der Waals surface area contributed by atoms with Crippen LogP contribution < -0.4 is 15.8 Å². The number of ether oxygens (including phenoxy) is 1. The maximum atomic E-state index is 13.5. The number of methoxy groups -OCH3 is 1. The molecule has 0 fully saturated rings. The van der Waals surface area contributed by atoms with E-state index in [-0.39, 0.29) is 22.6 Å². The molecule has 0 aliphatic rings. The molecule has 0 bridgehead atoms. The Labute approximate surface area is 242 Å². The average molecular weight is 577 g/mol. The van der Waals surface area contributed by atoms with Crippen LogP contribution in [0.15, 0.2) is 48.5 Å². The van der Waals surface area contributed by atoms with Crippen LogP contribution in [0.3, 0.4) is 0 Å². The summed E-state index contributed by atoms with van der Waals surface area (Å²) in [5.74, 6) is -0.236. The van der Waals surface area contributed by atoms with Crippen molar-refractivity contribution in [2.45, 2.75) is 71.9 Å². The highest BCUT2D eigenvalue weighted by Gasteiger charge is 2.40. The van der Waals surface area contributed by atoms with E-state index in [0.29, 0.717) is 41.5 Å². The van der Waals surface area contributed by atoms with Gasteiger partial charge in [-0.1, -0.05) is 51.1 Å². The molecule has 1 unspecified atom stereocenters. The fourth-order valence-electron chi connectivity index (χ4n) is 4.51. The van der Waals surface area contributed by atoms with Crippen molar-refractivity contribution in [1.82, 2.24) is 19.3 Å². The maximum Gasteiger partial charge on any atom is 0.276 e. The van der Waals surface area contributed by atoms with Gasteiger partial charge in [-0.05, 0) is 55.7 Å². The maximum absolute atomic E-state index is 13.5. The number of carbonyl (C=O) groups excluding carboxylic acids is 2. The highest BCUT2D eigenvalue weighted by Crippen LogP contribution is 2.41. The zero-order valence-electron chi connectivity index (χ0n) is 25.1. The normalized spacial score (nSPS) is 12.9. The molecule has 0 spiro atoms. The van der Waals surface area contributed by atoms with Crippen LogP contribution in [-0.2, 0) is 17.5 Å². The molecule has 2 heterocycles. The number of fused-ring (bicyclic) bond motifs is 1. The van der Waals surface area contributed by atoms with Crippen molar-refractivity contribution in [1.29, 1.82) is 0 Å². The van der Waals surface area contributed by atoms with Crippen LogP contribution in [0.5, 0.6) is 5.75 Å². The van der Waals surface area contributed by atoms with E-state index in [2.05, 4.69) is 44.3 Å². The number of nitrogens with one attached hydrogen (secondary N) is 1. The van der Waals surface area contributed by atoms with Gasteiger partial charge in [-0.2, -0.15) is 5.10 Å². The van der Waals surface area contributed by atoms with Crippen LogP contribution in [0.1, 0.15) is 65.9 Å². The number of carbonyl (C=O) groups is 2. The second-order valence-electron chi connectivity index (χ2n) is 11.7. The monoisotopic (exact) mass is 576 g/mol. The second-order valence-corrected chi connectivity index (χ2v) is 16.4. The van der Waals surface area contributed by atoms with Gasteiger partial charge in [-0.15, -0.1) is 0 Å². The third kappa shape index (κ3) is 6.20. The standard InChI is InChI=1S/C30H40N6O4Si/c1-9-36-23(15-19(2)34-36)28(38)33-29-32-22-16-21(27(31)37)17-24(39-6)26(22)35(29)18-25(20-13-11-10-12-14-20)40-41(7,8)30(3,4)5/h10-17,25H,9,18H2,1-8H3,(H2,31,37)(H,32,33,38). The number of anilines is 1. The Balaban J connectivity index is 1.89. The van der Waals surface area contributed by atoms with Gasteiger partial charge in [0.25, 0.3) is 5.91 Å². The lowest BCUT2D eigenvalue weighted by Gasteiger charge is -2.39. The van der Waals surface area contributed by atoms with Crippen LogP contribution >= 0.6 is 0 Å². The number of amides is 2. The number of rotatable bonds is 10. The van der Waals surface area contributed by atoms with E-state index >= 15 is 0 Å². The molecule has 218 valence electrons. The van der Waals surface area contributed by atoms with Crippen molar-refractivity contribution >= 4 is 37.1 Å². The molecule has 2 aromatic heterocycles. The van der Waals surface area contributed by atoms with Gasteiger partial charge in [0.15, 0.2) is 8.32 Å². The van der Waals surface area contributed by atoms with Crippen molar-refractivity contribution in [2.24, 2.45) is 5.73 Å². The SMILES string of the molecule is CCn1nc(C)cc1C(=O)Nc1nc2cc(C(N)=O)cc(OC)c2n1CC(O[Si](C)(C)C(C)(C)C)c1ccccc1. The van der Waals surface area contributed by atoms with E-state index in [4.69, 9.17) is 19.9 Å². The summed E-state index contributed by atoms with van der Waals surface area (Å²) in [6, 6.07) is 15.0. The molecule has 0 radical (unpaired) electrons. The topological polar surface area (TPSA) is 126 Å². The zero-order chi connectivity index (χ0) is 30.1. The largest absolute Gasteiger partial charge is 0.494 e. The van der Waals surface area contributed by atoms with Gasteiger partial charge in [0.1, 0.15) is 17.0 Å². The van der Waals surface area contributed by atoms with Crippen molar-refractivity contribution < 1.29 is 18.8 Å². The lowest BCUT2D eigenvalue weighted by atomic mass is 10.1. The summed E-state index contributed by atoms with van der Waals surface area (Å²) in [6.45, 7) is 15.7. The molecule has 11 heteroatoms. The van der Waals surface area contributed by atoms with E-state index < -0.39 is 14.2 Å². The first-order chi connectivity index (χ1) is 19.3. The number of hydrogen-bond acceptors (Lipinski definition) is 6. The quantitative estimate of drug-likeness (QED) is 0.234. The summed E-state index contributed by atoms with van der Waals surface area (Å²) in [7, 11) is -0.708. The minimum absolute atomic E-state index is 0.0292. The number of nitrogens with zero attached hydrogens (tertiary/aromatic N) is 4.